The molecule has 0 fully saturated rings. The Morgan fingerprint density at radius 2 is 1.90 bits per heavy atom. The number of anilines is 1. The SMILES string of the molecule is CCOC(=O)CC[C@@H]1Cc2ncc(CC(=O)OC(C)(C)C(F)(F)F)cc2N(S(=O)(=O)c2cn(CC)nc2Cl)C1. The first-order valence-corrected chi connectivity index (χ1v) is 14.1. The number of fused-ring (bicyclic) bond motifs is 1. The highest BCUT2D eigenvalue weighted by Gasteiger charge is 2.50. The maximum absolute atomic E-state index is 13.8. The first kappa shape index (κ1) is 30.7. The van der Waals surface area contributed by atoms with Gasteiger partial charge in [-0.05, 0) is 58.1 Å². The number of ether oxygens (including phenoxy) is 2. The summed E-state index contributed by atoms with van der Waals surface area (Å²) in [5, 5.41) is 3.77. The molecule has 3 rings (SSSR count). The summed E-state index contributed by atoms with van der Waals surface area (Å²) in [6, 6.07) is 1.39. The average Bonchev–Trinajstić information content (AvgIpc) is 3.23. The Morgan fingerprint density at radius 1 is 1.21 bits per heavy atom. The molecule has 2 aromatic heterocycles. The molecule has 0 aromatic carbocycles. The minimum Gasteiger partial charge on any atom is -0.466 e. The van der Waals surface area contributed by atoms with Crippen LogP contribution < -0.4 is 4.31 Å². The minimum atomic E-state index is -4.78. The third-order valence-corrected chi connectivity index (χ3v) is 8.39. The number of aromatic nitrogens is 3. The Balaban J connectivity index is 1.95. The number of carbonyl (C=O) groups excluding carboxylic acids is 2. The van der Waals surface area contributed by atoms with Crippen molar-refractivity contribution in [2.24, 2.45) is 5.92 Å². The van der Waals surface area contributed by atoms with E-state index in [1.807, 2.05) is 0 Å². The quantitative estimate of drug-likeness (QED) is 0.377. The second-order valence-corrected chi connectivity index (χ2v) is 11.7. The van der Waals surface area contributed by atoms with Crippen LogP contribution in [0.3, 0.4) is 0 Å². The number of aryl methyl sites for hydroxylation is 1. The van der Waals surface area contributed by atoms with E-state index in [1.165, 1.54) is 23.1 Å². The van der Waals surface area contributed by atoms with Crippen molar-refractivity contribution in [1.29, 1.82) is 0 Å². The molecule has 39 heavy (non-hydrogen) atoms. The number of rotatable bonds is 10. The molecule has 2 aromatic rings. The molecule has 0 spiro atoms. The molecule has 0 saturated carbocycles. The number of halogens is 4. The molecule has 1 aliphatic heterocycles. The van der Waals surface area contributed by atoms with E-state index < -0.39 is 40.2 Å². The molecule has 1 atom stereocenters. The molecule has 0 unspecified atom stereocenters. The van der Waals surface area contributed by atoms with Crippen LogP contribution in [0.1, 0.15) is 51.8 Å². The van der Waals surface area contributed by atoms with Crippen molar-refractivity contribution in [2.45, 2.75) is 76.6 Å². The third-order valence-electron chi connectivity index (χ3n) is 6.22. The maximum Gasteiger partial charge on any atom is 0.427 e. The zero-order valence-electron chi connectivity index (χ0n) is 21.9. The van der Waals surface area contributed by atoms with Gasteiger partial charge in [0.05, 0.1) is 24.4 Å². The molecule has 0 bridgehead atoms. The van der Waals surface area contributed by atoms with Crippen LogP contribution >= 0.6 is 11.6 Å². The largest absolute Gasteiger partial charge is 0.466 e. The third kappa shape index (κ3) is 7.02. The van der Waals surface area contributed by atoms with Crippen molar-refractivity contribution in [3.63, 3.8) is 0 Å². The number of hydrogen-bond donors (Lipinski definition) is 0. The molecule has 10 nitrogen and oxygen atoms in total. The molecular formula is C24H30ClF3N4O6S. The predicted molar refractivity (Wildman–Crippen MR) is 135 cm³/mol. The molecule has 0 N–H and O–H groups in total. The summed E-state index contributed by atoms with van der Waals surface area (Å²) in [6.07, 6.45) is -2.01. The number of carbonyl (C=O) groups is 2. The first-order valence-electron chi connectivity index (χ1n) is 12.3. The molecule has 1 aliphatic rings. The highest BCUT2D eigenvalue weighted by Crippen LogP contribution is 2.37. The zero-order chi connectivity index (χ0) is 29.2. The number of nitrogens with zero attached hydrogens (tertiary/aromatic N) is 4. The molecule has 0 amide bonds. The Labute approximate surface area is 229 Å². The average molecular weight is 595 g/mol. The fourth-order valence-electron chi connectivity index (χ4n) is 4.02. The number of esters is 2. The molecule has 0 aliphatic carbocycles. The van der Waals surface area contributed by atoms with Gasteiger partial charge < -0.3 is 9.47 Å². The topological polar surface area (TPSA) is 121 Å². The summed E-state index contributed by atoms with van der Waals surface area (Å²) < 4.78 is 79.0. The van der Waals surface area contributed by atoms with Gasteiger partial charge in [-0.2, -0.15) is 18.3 Å². The van der Waals surface area contributed by atoms with Gasteiger partial charge in [0.15, 0.2) is 5.15 Å². The lowest BCUT2D eigenvalue weighted by atomic mass is 9.93. The zero-order valence-corrected chi connectivity index (χ0v) is 23.5. The predicted octanol–water partition coefficient (Wildman–Crippen LogP) is 4.09. The highest BCUT2D eigenvalue weighted by atomic mass is 35.5. The lowest BCUT2D eigenvalue weighted by Crippen LogP contribution is -2.43. The van der Waals surface area contributed by atoms with E-state index in [-0.39, 0.29) is 46.8 Å². The van der Waals surface area contributed by atoms with E-state index in [9.17, 15) is 31.2 Å². The fourth-order valence-corrected chi connectivity index (χ4v) is 6.03. The normalized spacial score (nSPS) is 16.1. The van der Waals surface area contributed by atoms with Crippen molar-refractivity contribution < 1.29 is 40.7 Å². The Hall–Kier alpha value is -2.87. The fraction of sp³-hybridized carbons (Fsp3) is 0.583. The second-order valence-electron chi connectivity index (χ2n) is 9.56. The van der Waals surface area contributed by atoms with Crippen molar-refractivity contribution in [3.8, 4) is 0 Å². The number of alkyl halides is 3. The van der Waals surface area contributed by atoms with E-state index in [0.717, 1.165) is 18.2 Å². The molecule has 0 saturated heterocycles. The smallest absolute Gasteiger partial charge is 0.427 e. The van der Waals surface area contributed by atoms with Crippen LogP contribution in [0.2, 0.25) is 5.15 Å². The summed E-state index contributed by atoms with van der Waals surface area (Å²) in [5.74, 6) is -1.86. The monoisotopic (exact) mass is 594 g/mol. The van der Waals surface area contributed by atoms with Gasteiger partial charge in [-0.25, -0.2) is 8.42 Å². The van der Waals surface area contributed by atoms with Gasteiger partial charge in [0, 0.05) is 31.9 Å². The number of pyridine rings is 1. The van der Waals surface area contributed by atoms with Gasteiger partial charge in [0.1, 0.15) is 4.90 Å². The van der Waals surface area contributed by atoms with E-state index in [2.05, 4.69) is 14.8 Å². The van der Waals surface area contributed by atoms with Crippen LogP contribution in [0.25, 0.3) is 0 Å². The highest BCUT2D eigenvalue weighted by molar-refractivity contribution is 7.93. The molecule has 15 heteroatoms. The summed E-state index contributed by atoms with van der Waals surface area (Å²) in [6.45, 7) is 5.48. The van der Waals surface area contributed by atoms with Crippen molar-refractivity contribution in [1.82, 2.24) is 14.8 Å². The number of sulfonamides is 1. The van der Waals surface area contributed by atoms with Crippen LogP contribution in [0.15, 0.2) is 23.4 Å². The first-order chi connectivity index (χ1) is 18.1. The lowest BCUT2D eigenvalue weighted by molar-refractivity contribution is -0.257. The van der Waals surface area contributed by atoms with E-state index >= 15 is 0 Å². The van der Waals surface area contributed by atoms with Crippen LogP contribution in [-0.4, -0.2) is 60.0 Å². The maximum atomic E-state index is 13.8. The Morgan fingerprint density at radius 3 is 2.49 bits per heavy atom. The molecule has 3 heterocycles. The van der Waals surface area contributed by atoms with E-state index in [0.29, 0.717) is 25.1 Å². The van der Waals surface area contributed by atoms with Crippen LogP contribution in [0.4, 0.5) is 18.9 Å². The van der Waals surface area contributed by atoms with Crippen molar-refractivity contribution >= 4 is 39.3 Å². The van der Waals surface area contributed by atoms with Gasteiger partial charge in [0.2, 0.25) is 5.60 Å². The van der Waals surface area contributed by atoms with Crippen LogP contribution in [-0.2, 0) is 48.5 Å². The Bertz CT molecular complexity index is 1330. The minimum absolute atomic E-state index is 0.0287. The summed E-state index contributed by atoms with van der Waals surface area (Å²) >= 11 is 6.16. The summed E-state index contributed by atoms with van der Waals surface area (Å²) in [4.78, 5) is 28.3. The number of hydrogen-bond acceptors (Lipinski definition) is 8. The van der Waals surface area contributed by atoms with Gasteiger partial charge in [0.25, 0.3) is 10.0 Å². The van der Waals surface area contributed by atoms with Gasteiger partial charge in [-0.3, -0.25) is 23.6 Å². The second kappa shape index (κ2) is 11.7. The summed E-state index contributed by atoms with van der Waals surface area (Å²) in [5.41, 5.74) is -2.01. The van der Waals surface area contributed by atoms with Gasteiger partial charge in [-0.1, -0.05) is 11.6 Å². The van der Waals surface area contributed by atoms with E-state index in [1.54, 1.807) is 13.8 Å². The molecular weight excluding hydrogens is 565 g/mol. The van der Waals surface area contributed by atoms with Crippen LogP contribution in [0.5, 0.6) is 0 Å². The van der Waals surface area contributed by atoms with E-state index in [4.69, 9.17) is 16.3 Å². The van der Waals surface area contributed by atoms with Gasteiger partial charge in [-0.15, -0.1) is 0 Å². The van der Waals surface area contributed by atoms with Crippen molar-refractivity contribution in [2.75, 3.05) is 17.5 Å². The van der Waals surface area contributed by atoms with Crippen molar-refractivity contribution in [3.05, 3.63) is 34.9 Å². The molecule has 0 radical (unpaired) electrons. The Kier molecular flexibility index (Phi) is 9.20. The van der Waals surface area contributed by atoms with Gasteiger partial charge >= 0.3 is 18.1 Å². The lowest BCUT2D eigenvalue weighted by Gasteiger charge is -2.34. The standard InChI is InChI=1S/C24H30ClF3N4O6S/c1-5-31-14-19(22(25)30-31)39(35,36)32-13-15(7-8-20(33)37-6-2)9-17-18(32)10-16(12-29-17)11-21(34)38-23(3,4)24(26,27)28/h10,12,14-15H,5-9,11,13H2,1-4H3/t15-/m1/s1. The summed E-state index contributed by atoms with van der Waals surface area (Å²) in [7, 11) is -4.27. The van der Waals surface area contributed by atoms with Crippen LogP contribution in [0, 0.1) is 5.92 Å². The molecule has 216 valence electrons.